The molecule has 2 atom stereocenters. The fraction of sp³-hybridized carbons (Fsp3) is 0.500. The fourth-order valence-electron chi connectivity index (χ4n) is 4.57. The van der Waals surface area contributed by atoms with Crippen molar-refractivity contribution >= 4 is 11.9 Å². The predicted molar refractivity (Wildman–Crippen MR) is 107 cm³/mol. The summed E-state index contributed by atoms with van der Waals surface area (Å²) in [5.41, 5.74) is 0.871. The van der Waals surface area contributed by atoms with Gasteiger partial charge >= 0.3 is 5.97 Å². The molecule has 2 aromatic rings. The lowest BCUT2D eigenvalue weighted by molar-refractivity contribution is -0.140. The summed E-state index contributed by atoms with van der Waals surface area (Å²) in [5, 5.41) is 4.30. The molecule has 7 nitrogen and oxygen atoms in total. The summed E-state index contributed by atoms with van der Waals surface area (Å²) >= 11 is 0. The van der Waals surface area contributed by atoms with Gasteiger partial charge in [0.1, 0.15) is 0 Å². The van der Waals surface area contributed by atoms with Crippen LogP contribution in [0.15, 0.2) is 36.5 Å². The SMILES string of the molecule is COc1cn(-c2ccccc2)nc1C(=O)OCC(=O)N1CCC[C@H]2CCCC[C@@H]21. The third-order valence-corrected chi connectivity index (χ3v) is 6.00. The third-order valence-electron chi connectivity index (χ3n) is 6.00. The maximum Gasteiger partial charge on any atom is 0.363 e. The summed E-state index contributed by atoms with van der Waals surface area (Å²) in [7, 11) is 1.48. The molecule has 0 radical (unpaired) electrons. The number of benzene rings is 1. The van der Waals surface area contributed by atoms with E-state index in [9.17, 15) is 9.59 Å². The van der Waals surface area contributed by atoms with Crippen molar-refractivity contribution < 1.29 is 19.1 Å². The Labute approximate surface area is 170 Å². The van der Waals surface area contributed by atoms with Crippen LogP contribution in [0.1, 0.15) is 49.0 Å². The zero-order valence-corrected chi connectivity index (χ0v) is 16.8. The van der Waals surface area contributed by atoms with Gasteiger partial charge in [-0.15, -0.1) is 0 Å². The van der Waals surface area contributed by atoms with Crippen LogP contribution in [0.2, 0.25) is 0 Å². The van der Waals surface area contributed by atoms with E-state index in [1.165, 1.54) is 32.8 Å². The lowest BCUT2D eigenvalue weighted by atomic mass is 9.78. The lowest BCUT2D eigenvalue weighted by Crippen LogP contribution is -2.50. The summed E-state index contributed by atoms with van der Waals surface area (Å²) < 4.78 is 12.2. The van der Waals surface area contributed by atoms with E-state index >= 15 is 0 Å². The van der Waals surface area contributed by atoms with Crippen molar-refractivity contribution in [3.05, 3.63) is 42.2 Å². The molecule has 4 rings (SSSR count). The molecule has 154 valence electrons. The van der Waals surface area contributed by atoms with Gasteiger partial charge in [0.2, 0.25) is 5.69 Å². The number of ether oxygens (including phenoxy) is 2. The monoisotopic (exact) mass is 397 g/mol. The Morgan fingerprint density at radius 2 is 1.86 bits per heavy atom. The fourth-order valence-corrected chi connectivity index (χ4v) is 4.57. The molecule has 2 aliphatic rings. The van der Waals surface area contributed by atoms with E-state index in [2.05, 4.69) is 5.10 Å². The highest BCUT2D eigenvalue weighted by Gasteiger charge is 2.36. The van der Waals surface area contributed by atoms with Crippen molar-refractivity contribution in [3.63, 3.8) is 0 Å². The van der Waals surface area contributed by atoms with Crippen LogP contribution >= 0.6 is 0 Å². The van der Waals surface area contributed by atoms with Gasteiger partial charge in [0, 0.05) is 12.6 Å². The van der Waals surface area contributed by atoms with Crippen molar-refractivity contribution in [2.45, 2.75) is 44.6 Å². The number of amides is 1. The van der Waals surface area contributed by atoms with E-state index in [-0.39, 0.29) is 18.2 Å². The van der Waals surface area contributed by atoms with Crippen molar-refractivity contribution in [1.29, 1.82) is 0 Å². The molecule has 1 aliphatic heterocycles. The molecule has 0 unspecified atom stereocenters. The third kappa shape index (κ3) is 4.13. The number of aromatic nitrogens is 2. The van der Waals surface area contributed by atoms with Crippen molar-refractivity contribution in [2.75, 3.05) is 20.3 Å². The van der Waals surface area contributed by atoms with Crippen LogP contribution in [0.25, 0.3) is 5.69 Å². The Morgan fingerprint density at radius 3 is 2.66 bits per heavy atom. The molecule has 1 aromatic carbocycles. The van der Waals surface area contributed by atoms with Crippen LogP contribution < -0.4 is 4.74 Å². The van der Waals surface area contributed by atoms with Crippen LogP contribution in [0.3, 0.4) is 0 Å². The molecule has 7 heteroatoms. The lowest BCUT2D eigenvalue weighted by Gasteiger charge is -2.44. The quantitative estimate of drug-likeness (QED) is 0.725. The summed E-state index contributed by atoms with van der Waals surface area (Å²) in [6.45, 7) is 0.493. The van der Waals surface area contributed by atoms with E-state index in [1.54, 1.807) is 10.9 Å². The van der Waals surface area contributed by atoms with Gasteiger partial charge in [-0.3, -0.25) is 4.79 Å². The van der Waals surface area contributed by atoms with Gasteiger partial charge in [0.05, 0.1) is 19.0 Å². The van der Waals surface area contributed by atoms with Crippen LogP contribution in [0.5, 0.6) is 5.75 Å². The average molecular weight is 397 g/mol. The van der Waals surface area contributed by atoms with Crippen molar-refractivity contribution in [3.8, 4) is 11.4 Å². The number of carbonyl (C=O) groups is 2. The summed E-state index contributed by atoms with van der Waals surface area (Å²) in [5.74, 6) is 0.147. The summed E-state index contributed by atoms with van der Waals surface area (Å²) in [6.07, 6.45) is 8.52. The first kappa shape index (κ1) is 19.5. The number of esters is 1. The Morgan fingerprint density at radius 1 is 1.10 bits per heavy atom. The topological polar surface area (TPSA) is 73.7 Å². The molecular weight excluding hydrogens is 370 g/mol. The number of carbonyl (C=O) groups excluding carboxylic acids is 2. The molecule has 1 saturated heterocycles. The zero-order valence-electron chi connectivity index (χ0n) is 16.8. The van der Waals surface area contributed by atoms with Gasteiger partial charge in [-0.1, -0.05) is 31.0 Å². The maximum atomic E-state index is 12.8. The minimum atomic E-state index is -0.651. The second kappa shape index (κ2) is 8.68. The maximum absolute atomic E-state index is 12.8. The van der Waals surface area contributed by atoms with Gasteiger partial charge in [-0.2, -0.15) is 5.10 Å². The molecule has 0 spiro atoms. The van der Waals surface area contributed by atoms with Crippen LogP contribution in [-0.4, -0.2) is 52.9 Å². The minimum Gasteiger partial charge on any atom is -0.493 e. The first-order chi connectivity index (χ1) is 14.2. The number of nitrogens with zero attached hydrogens (tertiary/aromatic N) is 3. The number of rotatable bonds is 5. The van der Waals surface area contributed by atoms with Crippen LogP contribution in [0, 0.1) is 5.92 Å². The summed E-state index contributed by atoms with van der Waals surface area (Å²) in [4.78, 5) is 27.3. The molecule has 0 N–H and O–H groups in total. The van der Waals surface area contributed by atoms with Crippen molar-refractivity contribution in [2.24, 2.45) is 5.92 Å². The van der Waals surface area contributed by atoms with Crippen LogP contribution in [-0.2, 0) is 9.53 Å². The standard InChI is InChI=1S/C22H27N3O4/c1-28-19-14-25(17-10-3-2-4-11-17)23-21(19)22(27)29-15-20(26)24-13-7-9-16-8-5-6-12-18(16)24/h2-4,10-11,14,16,18H,5-9,12-13,15H2,1H3/t16-,18+/m1/s1. The first-order valence-electron chi connectivity index (χ1n) is 10.3. The smallest absolute Gasteiger partial charge is 0.363 e. The second-order valence-corrected chi connectivity index (χ2v) is 7.74. The Balaban J connectivity index is 1.42. The molecular formula is C22H27N3O4. The van der Waals surface area contributed by atoms with E-state index in [0.29, 0.717) is 17.7 Å². The molecule has 2 heterocycles. The van der Waals surface area contributed by atoms with E-state index in [1.807, 2.05) is 35.2 Å². The minimum absolute atomic E-state index is 0.0679. The number of piperidine rings is 1. The molecule has 2 fully saturated rings. The number of fused-ring (bicyclic) bond motifs is 1. The predicted octanol–water partition coefficient (Wildman–Crippen LogP) is 3.22. The largest absolute Gasteiger partial charge is 0.493 e. The number of para-hydroxylation sites is 1. The zero-order chi connectivity index (χ0) is 20.2. The highest BCUT2D eigenvalue weighted by Crippen LogP contribution is 2.35. The van der Waals surface area contributed by atoms with Crippen LogP contribution in [0.4, 0.5) is 0 Å². The van der Waals surface area contributed by atoms with Gasteiger partial charge in [-0.25, -0.2) is 9.48 Å². The molecule has 1 saturated carbocycles. The highest BCUT2D eigenvalue weighted by atomic mass is 16.5. The van der Waals surface area contributed by atoms with E-state index in [4.69, 9.17) is 9.47 Å². The number of methoxy groups -OCH3 is 1. The first-order valence-corrected chi connectivity index (χ1v) is 10.3. The molecule has 0 bridgehead atoms. The van der Waals surface area contributed by atoms with E-state index < -0.39 is 5.97 Å². The molecule has 1 aromatic heterocycles. The van der Waals surface area contributed by atoms with Gasteiger partial charge in [0.15, 0.2) is 12.4 Å². The summed E-state index contributed by atoms with van der Waals surface area (Å²) in [6, 6.07) is 9.73. The Kier molecular flexibility index (Phi) is 5.83. The van der Waals surface area contributed by atoms with Gasteiger partial charge in [-0.05, 0) is 43.7 Å². The Hall–Kier alpha value is -2.83. The van der Waals surface area contributed by atoms with Gasteiger partial charge < -0.3 is 14.4 Å². The molecule has 1 amide bonds. The highest BCUT2D eigenvalue weighted by molar-refractivity contribution is 5.92. The normalized spacial score (nSPS) is 21.3. The number of likely N-dealkylation sites (tertiary alicyclic amines) is 1. The number of hydrogen-bond donors (Lipinski definition) is 0. The average Bonchev–Trinajstić information content (AvgIpc) is 3.22. The second-order valence-electron chi connectivity index (χ2n) is 7.74. The van der Waals surface area contributed by atoms with Gasteiger partial charge in [0.25, 0.3) is 5.91 Å². The molecule has 29 heavy (non-hydrogen) atoms. The Bertz CT molecular complexity index is 862. The van der Waals surface area contributed by atoms with Crippen molar-refractivity contribution in [1.82, 2.24) is 14.7 Å². The number of hydrogen-bond acceptors (Lipinski definition) is 5. The van der Waals surface area contributed by atoms with E-state index in [0.717, 1.165) is 25.1 Å². The molecule has 1 aliphatic carbocycles.